The summed E-state index contributed by atoms with van der Waals surface area (Å²) in [5.41, 5.74) is 0.403. The van der Waals surface area contributed by atoms with Crippen LogP contribution in [0, 0.1) is 12.7 Å². The van der Waals surface area contributed by atoms with Crippen LogP contribution in [0.1, 0.15) is 24.5 Å². The second kappa shape index (κ2) is 5.56. The van der Waals surface area contributed by atoms with Crippen LogP contribution >= 0.6 is 0 Å². The van der Waals surface area contributed by atoms with Gasteiger partial charge in [0.15, 0.2) is 0 Å². The van der Waals surface area contributed by atoms with Crippen LogP contribution in [0.15, 0.2) is 40.8 Å². The van der Waals surface area contributed by atoms with E-state index in [9.17, 15) is 9.18 Å². The fraction of sp³-hybridized carbons (Fsp3) is 0.214. The van der Waals surface area contributed by atoms with E-state index in [1.54, 1.807) is 6.07 Å². The molecule has 1 aromatic carbocycles. The Kier molecular flexibility index (Phi) is 3.85. The van der Waals surface area contributed by atoms with Crippen LogP contribution < -0.4 is 10.6 Å². The Bertz CT molecular complexity index is 580. The molecule has 1 atom stereocenters. The molecule has 0 saturated heterocycles. The van der Waals surface area contributed by atoms with Gasteiger partial charge >= 0.3 is 6.03 Å². The van der Waals surface area contributed by atoms with Crippen molar-refractivity contribution < 1.29 is 13.6 Å². The van der Waals surface area contributed by atoms with E-state index < -0.39 is 11.8 Å². The third-order valence-corrected chi connectivity index (χ3v) is 2.62. The summed E-state index contributed by atoms with van der Waals surface area (Å²) in [6.07, 6.45) is 0. The topological polar surface area (TPSA) is 54.3 Å². The predicted molar refractivity (Wildman–Crippen MR) is 70.4 cm³/mol. The molecule has 5 heteroatoms. The molecule has 0 spiro atoms. The number of benzene rings is 1. The van der Waals surface area contributed by atoms with Crippen molar-refractivity contribution in [3.05, 3.63) is 53.7 Å². The molecule has 19 heavy (non-hydrogen) atoms. The molecule has 0 aliphatic rings. The van der Waals surface area contributed by atoms with E-state index in [-0.39, 0.29) is 6.04 Å². The van der Waals surface area contributed by atoms with Crippen LogP contribution in [-0.2, 0) is 0 Å². The van der Waals surface area contributed by atoms with Crippen LogP contribution in [0.25, 0.3) is 0 Å². The molecule has 0 fully saturated rings. The van der Waals surface area contributed by atoms with Gasteiger partial charge in [0.25, 0.3) is 0 Å². The maximum atomic E-state index is 13.0. The summed E-state index contributed by atoms with van der Waals surface area (Å²) in [4.78, 5) is 11.7. The predicted octanol–water partition coefficient (Wildman–Crippen LogP) is 3.61. The van der Waals surface area contributed by atoms with Crippen LogP contribution in [-0.4, -0.2) is 6.03 Å². The van der Waals surface area contributed by atoms with Gasteiger partial charge in [0, 0.05) is 5.69 Å². The highest BCUT2D eigenvalue weighted by Gasteiger charge is 2.12. The number of urea groups is 1. The van der Waals surface area contributed by atoms with E-state index in [2.05, 4.69) is 10.6 Å². The number of furan rings is 1. The lowest BCUT2D eigenvalue weighted by molar-refractivity contribution is 0.247. The average molecular weight is 262 g/mol. The second-order valence-corrected chi connectivity index (χ2v) is 4.28. The lowest BCUT2D eigenvalue weighted by atomic mass is 10.2. The van der Waals surface area contributed by atoms with Crippen molar-refractivity contribution in [1.82, 2.24) is 5.32 Å². The maximum Gasteiger partial charge on any atom is 0.319 e. The van der Waals surface area contributed by atoms with Gasteiger partial charge in [-0.15, -0.1) is 0 Å². The Morgan fingerprint density at radius 2 is 2.11 bits per heavy atom. The van der Waals surface area contributed by atoms with Crippen molar-refractivity contribution in [2.24, 2.45) is 0 Å². The molecule has 0 bridgehead atoms. The quantitative estimate of drug-likeness (QED) is 0.887. The third kappa shape index (κ3) is 3.58. The van der Waals surface area contributed by atoms with Crippen molar-refractivity contribution in [3.63, 3.8) is 0 Å². The number of aryl methyl sites for hydroxylation is 1. The lowest BCUT2D eigenvalue weighted by Crippen LogP contribution is -2.30. The van der Waals surface area contributed by atoms with Crippen molar-refractivity contribution in [2.75, 3.05) is 5.32 Å². The Balaban J connectivity index is 1.94. The number of halogens is 1. The molecule has 0 aliphatic carbocycles. The summed E-state index contributed by atoms with van der Waals surface area (Å²) in [5.74, 6) is 1.06. The Morgan fingerprint density at radius 3 is 2.74 bits per heavy atom. The summed E-state index contributed by atoms with van der Waals surface area (Å²) in [6, 6.07) is 8.68. The van der Waals surface area contributed by atoms with Crippen molar-refractivity contribution in [3.8, 4) is 0 Å². The van der Waals surface area contributed by atoms with Gasteiger partial charge in [0.2, 0.25) is 0 Å². The first-order valence-electron chi connectivity index (χ1n) is 5.94. The van der Waals surface area contributed by atoms with Crippen LogP contribution in [0.5, 0.6) is 0 Å². The molecular weight excluding hydrogens is 247 g/mol. The van der Waals surface area contributed by atoms with Crippen LogP contribution in [0.4, 0.5) is 14.9 Å². The largest absolute Gasteiger partial charge is 0.464 e. The Hall–Kier alpha value is -2.30. The fourth-order valence-electron chi connectivity index (χ4n) is 1.69. The van der Waals surface area contributed by atoms with E-state index in [1.165, 1.54) is 18.2 Å². The monoisotopic (exact) mass is 262 g/mol. The average Bonchev–Trinajstić information content (AvgIpc) is 2.75. The number of carbonyl (C=O) groups excluding carboxylic acids is 1. The van der Waals surface area contributed by atoms with Gasteiger partial charge in [-0.25, -0.2) is 9.18 Å². The zero-order chi connectivity index (χ0) is 13.8. The number of amides is 2. The number of rotatable bonds is 3. The van der Waals surface area contributed by atoms with E-state index >= 15 is 0 Å². The molecule has 2 amide bonds. The molecule has 0 aliphatic heterocycles. The number of anilines is 1. The summed E-state index contributed by atoms with van der Waals surface area (Å²) >= 11 is 0. The number of hydrogen-bond donors (Lipinski definition) is 2. The number of carbonyl (C=O) groups is 1. The molecule has 0 radical (unpaired) electrons. The minimum atomic E-state index is -0.410. The summed E-state index contributed by atoms with van der Waals surface area (Å²) in [7, 11) is 0. The smallest absolute Gasteiger partial charge is 0.319 e. The molecule has 0 saturated carbocycles. The van der Waals surface area contributed by atoms with Crippen molar-refractivity contribution in [2.45, 2.75) is 19.9 Å². The fourth-order valence-corrected chi connectivity index (χ4v) is 1.69. The minimum absolute atomic E-state index is 0.262. The lowest BCUT2D eigenvalue weighted by Gasteiger charge is -2.12. The van der Waals surface area contributed by atoms with Crippen LogP contribution in [0.3, 0.4) is 0 Å². The zero-order valence-corrected chi connectivity index (χ0v) is 10.7. The first-order valence-corrected chi connectivity index (χ1v) is 5.94. The molecule has 100 valence electrons. The van der Waals surface area contributed by atoms with Crippen LogP contribution in [0.2, 0.25) is 0 Å². The zero-order valence-electron chi connectivity index (χ0n) is 10.7. The van der Waals surface area contributed by atoms with Gasteiger partial charge in [-0.1, -0.05) is 6.07 Å². The maximum absolute atomic E-state index is 13.0. The summed E-state index contributed by atoms with van der Waals surface area (Å²) in [5, 5.41) is 5.27. The van der Waals surface area contributed by atoms with E-state index in [0.29, 0.717) is 11.4 Å². The van der Waals surface area contributed by atoms with Gasteiger partial charge in [0.05, 0.1) is 6.04 Å². The summed E-state index contributed by atoms with van der Waals surface area (Å²) < 4.78 is 18.4. The molecule has 4 nitrogen and oxygen atoms in total. The van der Waals surface area contributed by atoms with Gasteiger partial charge in [-0.2, -0.15) is 0 Å². The molecule has 1 aromatic heterocycles. The van der Waals surface area contributed by atoms with E-state index in [0.717, 1.165) is 5.76 Å². The molecule has 0 unspecified atom stereocenters. The molecule has 2 rings (SSSR count). The van der Waals surface area contributed by atoms with Gasteiger partial charge in [0.1, 0.15) is 17.3 Å². The first-order chi connectivity index (χ1) is 9.04. The summed E-state index contributed by atoms with van der Waals surface area (Å²) in [6.45, 7) is 3.65. The van der Waals surface area contributed by atoms with E-state index in [1.807, 2.05) is 26.0 Å². The third-order valence-electron chi connectivity index (χ3n) is 2.62. The number of hydrogen-bond acceptors (Lipinski definition) is 2. The normalized spacial score (nSPS) is 11.9. The minimum Gasteiger partial charge on any atom is -0.464 e. The first kappa shape index (κ1) is 13.1. The molecular formula is C14H15FN2O2. The molecule has 2 aromatic rings. The highest BCUT2D eigenvalue weighted by molar-refractivity contribution is 5.89. The molecule has 1 heterocycles. The molecule has 2 N–H and O–H groups in total. The Morgan fingerprint density at radius 1 is 1.32 bits per heavy atom. The van der Waals surface area contributed by atoms with Crippen molar-refractivity contribution in [1.29, 1.82) is 0 Å². The highest BCUT2D eigenvalue weighted by Crippen LogP contribution is 2.16. The van der Waals surface area contributed by atoms with Gasteiger partial charge in [-0.05, 0) is 44.2 Å². The van der Waals surface area contributed by atoms with Gasteiger partial charge in [-0.3, -0.25) is 0 Å². The van der Waals surface area contributed by atoms with Gasteiger partial charge < -0.3 is 15.1 Å². The standard InChI is InChI=1S/C14H15FN2O2/c1-9-6-7-13(19-9)10(2)16-14(18)17-12-5-3-4-11(15)8-12/h3-8,10H,1-2H3,(H2,16,17,18)/t10-/m0/s1. The number of nitrogens with one attached hydrogen (secondary N) is 2. The second-order valence-electron chi connectivity index (χ2n) is 4.28. The highest BCUT2D eigenvalue weighted by atomic mass is 19.1. The SMILES string of the molecule is Cc1ccc([C@H](C)NC(=O)Nc2cccc(F)c2)o1. The van der Waals surface area contributed by atoms with Crippen molar-refractivity contribution >= 4 is 11.7 Å². The van der Waals surface area contributed by atoms with E-state index in [4.69, 9.17) is 4.42 Å². The Labute approximate surface area is 110 Å².